The van der Waals surface area contributed by atoms with Crippen molar-refractivity contribution in [1.29, 1.82) is 0 Å². The largest absolute Gasteiger partial charge is 0.444 e. The predicted octanol–water partition coefficient (Wildman–Crippen LogP) is 2.76. The minimum absolute atomic E-state index is 0.214. The van der Waals surface area contributed by atoms with Gasteiger partial charge in [-0.05, 0) is 46.0 Å². The molecule has 102 valence electrons. The van der Waals surface area contributed by atoms with Crippen molar-refractivity contribution in [3.05, 3.63) is 0 Å². The Bertz CT molecular complexity index is 345. The molecule has 0 aromatic heterocycles. The zero-order valence-electron chi connectivity index (χ0n) is 11.6. The Morgan fingerprint density at radius 3 is 2.72 bits per heavy atom. The Labute approximate surface area is 109 Å². The van der Waals surface area contributed by atoms with Gasteiger partial charge in [0.25, 0.3) is 0 Å². The van der Waals surface area contributed by atoms with Crippen LogP contribution in [0.15, 0.2) is 0 Å². The lowest BCUT2D eigenvalue weighted by atomic mass is 9.78. The zero-order chi connectivity index (χ0) is 13.3. The Balaban J connectivity index is 2.03. The number of carbonyl (C=O) groups is 2. The van der Waals surface area contributed by atoms with Crippen molar-refractivity contribution in [1.82, 2.24) is 4.90 Å². The standard InChI is InChI=1S/C14H23NO3/c1-14(2,3)18-13(17)15-8-4-5-10-9-11(16)6-7-12(10)15/h10,12H,4-9H2,1-3H3. The second-order valence-corrected chi connectivity index (χ2v) is 6.42. The molecule has 1 saturated heterocycles. The number of amides is 1. The summed E-state index contributed by atoms with van der Waals surface area (Å²) in [7, 11) is 0. The van der Waals surface area contributed by atoms with Crippen LogP contribution in [-0.4, -0.2) is 35.0 Å². The van der Waals surface area contributed by atoms with Crippen LogP contribution in [0, 0.1) is 5.92 Å². The number of piperidine rings is 1. The quantitative estimate of drug-likeness (QED) is 0.667. The summed E-state index contributed by atoms with van der Waals surface area (Å²) in [6.07, 6.45) is 3.89. The minimum atomic E-state index is -0.450. The van der Waals surface area contributed by atoms with E-state index < -0.39 is 5.60 Å². The first-order valence-corrected chi connectivity index (χ1v) is 6.88. The minimum Gasteiger partial charge on any atom is -0.444 e. The smallest absolute Gasteiger partial charge is 0.410 e. The molecule has 2 fully saturated rings. The van der Waals surface area contributed by atoms with Crippen molar-refractivity contribution in [2.45, 2.75) is 64.5 Å². The highest BCUT2D eigenvalue weighted by atomic mass is 16.6. The highest BCUT2D eigenvalue weighted by molar-refractivity contribution is 5.80. The molecule has 0 aromatic rings. The fraction of sp³-hybridized carbons (Fsp3) is 0.857. The second-order valence-electron chi connectivity index (χ2n) is 6.42. The van der Waals surface area contributed by atoms with Crippen LogP contribution in [0.2, 0.25) is 0 Å². The molecule has 1 saturated carbocycles. The third-order valence-electron chi connectivity index (χ3n) is 3.76. The van der Waals surface area contributed by atoms with Crippen LogP contribution in [-0.2, 0) is 9.53 Å². The molecular formula is C14H23NO3. The Kier molecular flexibility index (Phi) is 3.64. The molecule has 0 spiro atoms. The molecule has 18 heavy (non-hydrogen) atoms. The summed E-state index contributed by atoms with van der Waals surface area (Å²) in [6.45, 7) is 6.43. The van der Waals surface area contributed by atoms with Crippen molar-refractivity contribution in [3.63, 3.8) is 0 Å². The number of ether oxygens (including phenoxy) is 1. The molecule has 2 atom stereocenters. The molecule has 0 aromatic carbocycles. The zero-order valence-corrected chi connectivity index (χ0v) is 11.6. The highest BCUT2D eigenvalue weighted by Gasteiger charge is 2.39. The molecule has 0 bridgehead atoms. The van der Waals surface area contributed by atoms with Gasteiger partial charge in [0.15, 0.2) is 0 Å². The summed E-state index contributed by atoms with van der Waals surface area (Å²) < 4.78 is 5.46. The monoisotopic (exact) mass is 253 g/mol. The molecule has 2 rings (SSSR count). The van der Waals surface area contributed by atoms with E-state index in [4.69, 9.17) is 4.74 Å². The third kappa shape index (κ3) is 3.03. The number of hydrogen-bond acceptors (Lipinski definition) is 3. The van der Waals surface area contributed by atoms with Crippen molar-refractivity contribution >= 4 is 11.9 Å². The van der Waals surface area contributed by atoms with E-state index in [2.05, 4.69) is 0 Å². The van der Waals surface area contributed by atoms with E-state index in [-0.39, 0.29) is 12.1 Å². The first kappa shape index (κ1) is 13.4. The van der Waals surface area contributed by atoms with Crippen molar-refractivity contribution in [3.8, 4) is 0 Å². The molecule has 1 heterocycles. The third-order valence-corrected chi connectivity index (χ3v) is 3.76. The molecule has 0 radical (unpaired) electrons. The van der Waals surface area contributed by atoms with Crippen LogP contribution in [0.1, 0.15) is 52.9 Å². The highest BCUT2D eigenvalue weighted by Crippen LogP contribution is 2.34. The maximum Gasteiger partial charge on any atom is 0.410 e. The maximum absolute atomic E-state index is 12.2. The summed E-state index contributed by atoms with van der Waals surface area (Å²) in [5.41, 5.74) is -0.450. The lowest BCUT2D eigenvalue weighted by Crippen LogP contribution is -2.52. The van der Waals surface area contributed by atoms with Gasteiger partial charge in [0.2, 0.25) is 0 Å². The number of carbonyl (C=O) groups excluding carboxylic acids is 2. The summed E-state index contributed by atoms with van der Waals surface area (Å²) in [6, 6.07) is 0.214. The fourth-order valence-corrected chi connectivity index (χ4v) is 3.02. The summed E-state index contributed by atoms with van der Waals surface area (Å²) in [4.78, 5) is 25.5. The summed E-state index contributed by atoms with van der Waals surface area (Å²) >= 11 is 0. The number of likely N-dealkylation sites (tertiary alicyclic amines) is 1. The van der Waals surface area contributed by atoms with Gasteiger partial charge in [0.05, 0.1) is 0 Å². The molecule has 1 aliphatic heterocycles. The lowest BCUT2D eigenvalue weighted by molar-refractivity contribution is -0.124. The van der Waals surface area contributed by atoms with E-state index in [1.807, 2.05) is 25.7 Å². The van der Waals surface area contributed by atoms with Gasteiger partial charge in [-0.15, -0.1) is 0 Å². The summed E-state index contributed by atoms with van der Waals surface area (Å²) in [5.74, 6) is 0.704. The Morgan fingerprint density at radius 2 is 2.06 bits per heavy atom. The maximum atomic E-state index is 12.2. The predicted molar refractivity (Wildman–Crippen MR) is 68.3 cm³/mol. The average Bonchev–Trinajstić information content (AvgIpc) is 2.25. The number of hydrogen-bond donors (Lipinski definition) is 0. The molecule has 0 N–H and O–H groups in total. The molecule has 2 aliphatic rings. The number of Topliss-reactive ketones (excluding diaryl/α,β-unsaturated/α-hetero) is 1. The van der Waals surface area contributed by atoms with Crippen molar-refractivity contribution in [2.24, 2.45) is 5.92 Å². The van der Waals surface area contributed by atoms with Crippen LogP contribution in [0.25, 0.3) is 0 Å². The van der Waals surface area contributed by atoms with Gasteiger partial charge < -0.3 is 9.64 Å². The lowest BCUT2D eigenvalue weighted by Gasteiger charge is -2.43. The molecule has 4 nitrogen and oxygen atoms in total. The number of fused-ring (bicyclic) bond motifs is 1. The topological polar surface area (TPSA) is 46.6 Å². The Hall–Kier alpha value is -1.06. The Morgan fingerprint density at radius 1 is 1.33 bits per heavy atom. The van der Waals surface area contributed by atoms with Gasteiger partial charge in [-0.1, -0.05) is 0 Å². The number of nitrogens with zero attached hydrogens (tertiary/aromatic N) is 1. The number of ketones is 1. The van der Waals surface area contributed by atoms with Crippen molar-refractivity contribution in [2.75, 3.05) is 6.54 Å². The van der Waals surface area contributed by atoms with Crippen LogP contribution in [0.4, 0.5) is 4.79 Å². The molecule has 2 unspecified atom stereocenters. The van der Waals surface area contributed by atoms with Gasteiger partial charge in [-0.25, -0.2) is 4.79 Å². The van der Waals surface area contributed by atoms with Gasteiger partial charge in [0, 0.05) is 25.4 Å². The molecule has 4 heteroatoms. The van der Waals surface area contributed by atoms with Gasteiger partial charge >= 0.3 is 6.09 Å². The second kappa shape index (κ2) is 4.90. The molecule has 1 amide bonds. The van der Waals surface area contributed by atoms with E-state index in [0.717, 1.165) is 25.8 Å². The van der Waals surface area contributed by atoms with E-state index in [9.17, 15) is 9.59 Å². The van der Waals surface area contributed by atoms with E-state index in [1.54, 1.807) is 0 Å². The van der Waals surface area contributed by atoms with E-state index >= 15 is 0 Å². The van der Waals surface area contributed by atoms with Gasteiger partial charge in [0.1, 0.15) is 11.4 Å². The summed E-state index contributed by atoms with van der Waals surface area (Å²) in [5, 5.41) is 0. The van der Waals surface area contributed by atoms with Crippen LogP contribution >= 0.6 is 0 Å². The van der Waals surface area contributed by atoms with Crippen LogP contribution in [0.3, 0.4) is 0 Å². The van der Waals surface area contributed by atoms with Gasteiger partial charge in [-0.2, -0.15) is 0 Å². The molecule has 1 aliphatic carbocycles. The first-order chi connectivity index (χ1) is 8.37. The molecular weight excluding hydrogens is 230 g/mol. The van der Waals surface area contributed by atoms with Gasteiger partial charge in [-0.3, -0.25) is 4.79 Å². The normalized spacial score (nSPS) is 28.8. The van der Waals surface area contributed by atoms with E-state index in [0.29, 0.717) is 24.5 Å². The van der Waals surface area contributed by atoms with Crippen LogP contribution in [0.5, 0.6) is 0 Å². The van der Waals surface area contributed by atoms with Crippen LogP contribution < -0.4 is 0 Å². The van der Waals surface area contributed by atoms with E-state index in [1.165, 1.54) is 0 Å². The first-order valence-electron chi connectivity index (χ1n) is 6.88. The fourth-order valence-electron chi connectivity index (χ4n) is 3.02. The SMILES string of the molecule is CC(C)(C)OC(=O)N1CCCC2CC(=O)CCC21. The average molecular weight is 253 g/mol. The van der Waals surface area contributed by atoms with Crippen molar-refractivity contribution < 1.29 is 14.3 Å². The number of rotatable bonds is 0.